The van der Waals surface area contributed by atoms with Gasteiger partial charge < -0.3 is 9.80 Å². The third kappa shape index (κ3) is 1.69. The minimum Gasteiger partial charge on any atom is -0.344 e. The van der Waals surface area contributed by atoms with Gasteiger partial charge in [0.15, 0.2) is 5.11 Å². The van der Waals surface area contributed by atoms with Gasteiger partial charge >= 0.3 is 0 Å². The summed E-state index contributed by atoms with van der Waals surface area (Å²) in [6.07, 6.45) is 2.62. The summed E-state index contributed by atoms with van der Waals surface area (Å²) < 4.78 is 0. The minimum absolute atomic E-state index is 0.691. The highest BCUT2D eigenvalue weighted by molar-refractivity contribution is 7.80. The summed E-state index contributed by atoms with van der Waals surface area (Å²) in [5.74, 6) is 0. The first-order valence-electron chi connectivity index (χ1n) is 5.94. The van der Waals surface area contributed by atoms with Crippen LogP contribution >= 0.6 is 12.2 Å². The monoisotopic (exact) mass is 232 g/mol. The van der Waals surface area contributed by atoms with Gasteiger partial charge in [-0.05, 0) is 30.6 Å². The van der Waals surface area contributed by atoms with Crippen LogP contribution in [0, 0.1) is 0 Å². The lowest BCUT2D eigenvalue weighted by Crippen LogP contribution is -2.31. The predicted molar refractivity (Wildman–Crippen MR) is 69.2 cm³/mol. The molecule has 0 radical (unpaired) electrons. The van der Waals surface area contributed by atoms with Gasteiger partial charge in [-0.25, -0.2) is 0 Å². The van der Waals surface area contributed by atoms with Gasteiger partial charge in [0.25, 0.3) is 0 Å². The van der Waals surface area contributed by atoms with E-state index in [1.807, 2.05) is 0 Å². The van der Waals surface area contributed by atoms with E-state index in [1.165, 1.54) is 18.4 Å². The fraction of sp³-hybridized carbons (Fsp3) is 0.462. The van der Waals surface area contributed by atoms with Gasteiger partial charge in [0.2, 0.25) is 0 Å². The standard InChI is InChI=1S/C13H16N2S/c16-13-14(9-11-5-2-1-3-6-11)10-12-7-4-8-15(12)13/h1-3,5-6,12H,4,7-10H2/t12-/m0/s1. The van der Waals surface area contributed by atoms with Crippen LogP contribution in [0.2, 0.25) is 0 Å². The zero-order chi connectivity index (χ0) is 11.0. The summed E-state index contributed by atoms with van der Waals surface area (Å²) in [5.41, 5.74) is 1.35. The molecule has 0 amide bonds. The fourth-order valence-electron chi connectivity index (χ4n) is 2.73. The Bertz CT molecular complexity index is 390. The van der Waals surface area contributed by atoms with Gasteiger partial charge in [0.05, 0.1) is 0 Å². The second kappa shape index (κ2) is 4.06. The van der Waals surface area contributed by atoms with Gasteiger partial charge in [-0.15, -0.1) is 0 Å². The molecule has 1 aromatic rings. The molecule has 2 aliphatic rings. The first kappa shape index (κ1) is 10.1. The second-order valence-corrected chi connectivity index (χ2v) is 5.00. The largest absolute Gasteiger partial charge is 0.344 e. The molecular weight excluding hydrogens is 216 g/mol. The van der Waals surface area contributed by atoms with Crippen molar-refractivity contribution in [3.63, 3.8) is 0 Å². The Kier molecular flexibility index (Phi) is 2.56. The summed E-state index contributed by atoms with van der Waals surface area (Å²) in [6.45, 7) is 3.25. The summed E-state index contributed by atoms with van der Waals surface area (Å²) in [5, 5.41) is 1.06. The van der Waals surface area contributed by atoms with Crippen LogP contribution in [0.5, 0.6) is 0 Å². The molecule has 2 nitrogen and oxygen atoms in total. The second-order valence-electron chi connectivity index (χ2n) is 4.64. The first-order chi connectivity index (χ1) is 7.84. The van der Waals surface area contributed by atoms with Crippen molar-refractivity contribution in [3.05, 3.63) is 35.9 Å². The molecule has 3 heteroatoms. The van der Waals surface area contributed by atoms with Crippen LogP contribution in [-0.2, 0) is 6.54 Å². The molecule has 2 heterocycles. The average molecular weight is 232 g/mol. The van der Waals surface area contributed by atoms with Gasteiger partial charge in [-0.1, -0.05) is 30.3 Å². The molecule has 0 spiro atoms. The maximum atomic E-state index is 5.53. The van der Waals surface area contributed by atoms with Crippen molar-refractivity contribution in [2.45, 2.75) is 25.4 Å². The molecular formula is C13H16N2S. The number of hydrogen-bond donors (Lipinski definition) is 0. The van der Waals surface area contributed by atoms with Crippen LogP contribution in [-0.4, -0.2) is 34.0 Å². The highest BCUT2D eigenvalue weighted by atomic mass is 32.1. The third-order valence-corrected chi connectivity index (χ3v) is 4.03. The molecule has 0 N–H and O–H groups in total. The molecule has 0 aromatic heterocycles. The Balaban J connectivity index is 1.71. The van der Waals surface area contributed by atoms with Crippen molar-refractivity contribution in [2.75, 3.05) is 13.1 Å². The summed E-state index contributed by atoms with van der Waals surface area (Å²) in [6, 6.07) is 11.3. The van der Waals surface area contributed by atoms with E-state index in [0.29, 0.717) is 6.04 Å². The van der Waals surface area contributed by atoms with Crippen LogP contribution in [0.15, 0.2) is 30.3 Å². The van der Waals surface area contributed by atoms with Crippen molar-refractivity contribution in [3.8, 4) is 0 Å². The summed E-state index contributed by atoms with van der Waals surface area (Å²) >= 11 is 5.53. The number of thiocarbonyl (C=S) groups is 1. The molecule has 1 atom stereocenters. The minimum atomic E-state index is 0.691. The lowest BCUT2D eigenvalue weighted by molar-refractivity contribution is 0.405. The van der Waals surface area contributed by atoms with Crippen molar-refractivity contribution in [2.24, 2.45) is 0 Å². The topological polar surface area (TPSA) is 6.48 Å². The van der Waals surface area contributed by atoms with E-state index in [4.69, 9.17) is 12.2 Å². The van der Waals surface area contributed by atoms with Gasteiger partial charge in [-0.3, -0.25) is 0 Å². The van der Waals surface area contributed by atoms with Crippen LogP contribution in [0.4, 0.5) is 0 Å². The van der Waals surface area contributed by atoms with E-state index < -0.39 is 0 Å². The van der Waals surface area contributed by atoms with Crippen molar-refractivity contribution in [1.29, 1.82) is 0 Å². The Morgan fingerprint density at radius 3 is 2.81 bits per heavy atom. The molecule has 0 saturated carbocycles. The molecule has 3 rings (SSSR count). The van der Waals surface area contributed by atoms with Gasteiger partial charge in [0, 0.05) is 25.7 Å². The van der Waals surface area contributed by atoms with E-state index >= 15 is 0 Å². The van der Waals surface area contributed by atoms with Crippen LogP contribution in [0.25, 0.3) is 0 Å². The number of fused-ring (bicyclic) bond motifs is 1. The summed E-state index contributed by atoms with van der Waals surface area (Å²) in [4.78, 5) is 4.74. The van der Waals surface area contributed by atoms with E-state index in [-0.39, 0.29) is 0 Å². The molecule has 0 aliphatic carbocycles. The van der Waals surface area contributed by atoms with Gasteiger partial charge in [0.1, 0.15) is 0 Å². The van der Waals surface area contributed by atoms with Crippen LogP contribution in [0.3, 0.4) is 0 Å². The first-order valence-corrected chi connectivity index (χ1v) is 6.35. The third-order valence-electron chi connectivity index (χ3n) is 3.54. The van der Waals surface area contributed by atoms with E-state index in [0.717, 1.165) is 24.7 Å². The number of nitrogens with zero attached hydrogens (tertiary/aromatic N) is 2. The lowest BCUT2D eigenvalue weighted by Gasteiger charge is -2.20. The number of rotatable bonds is 2. The summed E-state index contributed by atoms with van der Waals surface area (Å²) in [7, 11) is 0. The van der Waals surface area contributed by atoms with E-state index in [1.54, 1.807) is 0 Å². The Morgan fingerprint density at radius 2 is 2.06 bits per heavy atom. The van der Waals surface area contributed by atoms with Crippen LogP contribution in [0.1, 0.15) is 18.4 Å². The molecule has 84 valence electrons. The zero-order valence-electron chi connectivity index (χ0n) is 9.30. The molecule has 1 aromatic carbocycles. The van der Waals surface area contributed by atoms with E-state index in [2.05, 4.69) is 40.1 Å². The Hall–Kier alpha value is -1.09. The van der Waals surface area contributed by atoms with Crippen molar-refractivity contribution in [1.82, 2.24) is 9.80 Å². The molecule has 0 bridgehead atoms. The molecule has 16 heavy (non-hydrogen) atoms. The Morgan fingerprint density at radius 1 is 1.25 bits per heavy atom. The van der Waals surface area contributed by atoms with Crippen molar-refractivity contribution < 1.29 is 0 Å². The zero-order valence-corrected chi connectivity index (χ0v) is 10.1. The maximum absolute atomic E-state index is 5.53. The van der Waals surface area contributed by atoms with Crippen molar-refractivity contribution >= 4 is 17.3 Å². The average Bonchev–Trinajstić information content (AvgIpc) is 2.86. The Labute approximate surface area is 102 Å². The van der Waals surface area contributed by atoms with Gasteiger partial charge in [-0.2, -0.15) is 0 Å². The SMILES string of the molecule is S=C1N(Cc2ccccc2)C[C@@H]2CCCN12. The quantitative estimate of drug-likeness (QED) is 0.722. The highest BCUT2D eigenvalue weighted by Gasteiger charge is 2.36. The normalized spacial score (nSPS) is 24.0. The highest BCUT2D eigenvalue weighted by Crippen LogP contribution is 2.27. The molecule has 2 saturated heterocycles. The molecule has 0 unspecified atom stereocenters. The van der Waals surface area contributed by atoms with Crippen LogP contribution < -0.4 is 0 Å². The fourth-order valence-corrected chi connectivity index (χ4v) is 3.11. The number of hydrogen-bond acceptors (Lipinski definition) is 1. The van der Waals surface area contributed by atoms with E-state index in [9.17, 15) is 0 Å². The smallest absolute Gasteiger partial charge is 0.172 e. The predicted octanol–water partition coefficient (Wildman–Crippen LogP) is 2.25. The number of benzene rings is 1. The maximum Gasteiger partial charge on any atom is 0.172 e. The molecule has 2 aliphatic heterocycles. The lowest BCUT2D eigenvalue weighted by atomic mass is 10.2. The molecule has 2 fully saturated rings.